The Morgan fingerprint density at radius 2 is 1.89 bits per heavy atom. The molecule has 0 spiro atoms. The molecule has 1 heterocycles. The van der Waals surface area contributed by atoms with Crippen LogP contribution in [0.2, 0.25) is 0 Å². The van der Waals surface area contributed by atoms with Gasteiger partial charge in [-0.05, 0) is 41.8 Å². The number of amides is 1. The number of rotatable bonds is 6. The molecule has 5 nitrogen and oxygen atoms in total. The molecule has 2 aromatic carbocycles. The summed E-state index contributed by atoms with van der Waals surface area (Å²) in [4.78, 5) is 25.4. The number of nitrogens with one attached hydrogen (secondary N) is 1. The van der Waals surface area contributed by atoms with Crippen LogP contribution >= 0.6 is 11.3 Å². The summed E-state index contributed by atoms with van der Waals surface area (Å²) < 4.78 is 37.2. The van der Waals surface area contributed by atoms with E-state index in [0.717, 1.165) is 17.0 Å². The third-order valence-electron chi connectivity index (χ3n) is 3.78. The number of ether oxygens (including phenoxy) is 2. The highest BCUT2D eigenvalue weighted by Gasteiger charge is 2.18. The van der Waals surface area contributed by atoms with Crippen LogP contribution in [0.15, 0.2) is 53.9 Å². The van der Waals surface area contributed by atoms with Crippen LogP contribution < -0.4 is 10.1 Å². The molecule has 0 fully saturated rings. The summed E-state index contributed by atoms with van der Waals surface area (Å²) in [7, 11) is 1.20. The molecule has 0 aliphatic carbocycles. The van der Waals surface area contributed by atoms with Gasteiger partial charge in [-0.25, -0.2) is 13.6 Å². The summed E-state index contributed by atoms with van der Waals surface area (Å²) in [5.41, 5.74) is -0.193. The molecule has 0 aliphatic rings. The first kappa shape index (κ1) is 19.5. The highest BCUT2D eigenvalue weighted by Crippen LogP contribution is 2.25. The van der Waals surface area contributed by atoms with E-state index >= 15 is 0 Å². The average Bonchev–Trinajstić information content (AvgIpc) is 3.20. The standard InChI is InChI=1S/C20H15F2NO4S/c1-26-20(25)16-10-13(27-11-14-3-2-8-28-14)5-7-18(16)23-19(24)15-6-4-12(21)9-17(15)22/h2-10H,11H2,1H3,(H,23,24). The molecule has 144 valence electrons. The van der Waals surface area contributed by atoms with Crippen LogP contribution in [-0.2, 0) is 11.3 Å². The molecule has 1 N–H and O–H groups in total. The Labute approximate surface area is 163 Å². The number of benzene rings is 2. The van der Waals surface area contributed by atoms with Crippen LogP contribution in [0.3, 0.4) is 0 Å². The van der Waals surface area contributed by atoms with Crippen molar-refractivity contribution in [3.63, 3.8) is 0 Å². The van der Waals surface area contributed by atoms with E-state index in [-0.39, 0.29) is 16.8 Å². The maximum atomic E-state index is 13.8. The van der Waals surface area contributed by atoms with Crippen molar-refractivity contribution in [2.75, 3.05) is 12.4 Å². The third kappa shape index (κ3) is 4.52. The van der Waals surface area contributed by atoms with E-state index in [1.54, 1.807) is 6.07 Å². The fraction of sp³-hybridized carbons (Fsp3) is 0.100. The molecule has 8 heteroatoms. The molecule has 0 radical (unpaired) electrons. The van der Waals surface area contributed by atoms with E-state index in [9.17, 15) is 18.4 Å². The molecule has 0 unspecified atom stereocenters. The van der Waals surface area contributed by atoms with Crippen molar-refractivity contribution in [2.24, 2.45) is 0 Å². The van der Waals surface area contributed by atoms with Gasteiger partial charge in [0.15, 0.2) is 0 Å². The average molecular weight is 403 g/mol. The van der Waals surface area contributed by atoms with Gasteiger partial charge in [0.2, 0.25) is 0 Å². The Balaban J connectivity index is 1.82. The molecule has 1 amide bonds. The molecule has 0 aliphatic heterocycles. The summed E-state index contributed by atoms with van der Waals surface area (Å²) in [5.74, 6) is -2.92. The van der Waals surface area contributed by atoms with Gasteiger partial charge in [0.25, 0.3) is 5.91 Å². The van der Waals surface area contributed by atoms with E-state index < -0.39 is 23.5 Å². The minimum atomic E-state index is -1.01. The topological polar surface area (TPSA) is 64.6 Å². The van der Waals surface area contributed by atoms with E-state index in [1.807, 2.05) is 17.5 Å². The van der Waals surface area contributed by atoms with Crippen LogP contribution in [-0.4, -0.2) is 19.0 Å². The summed E-state index contributed by atoms with van der Waals surface area (Å²) in [6.45, 7) is 0.324. The minimum Gasteiger partial charge on any atom is -0.488 e. The lowest BCUT2D eigenvalue weighted by Gasteiger charge is -2.13. The first-order chi connectivity index (χ1) is 13.5. The Bertz CT molecular complexity index is 1010. The van der Waals surface area contributed by atoms with Gasteiger partial charge in [-0.1, -0.05) is 6.07 Å². The normalized spacial score (nSPS) is 10.4. The number of methoxy groups -OCH3 is 1. The predicted octanol–water partition coefficient (Wildman–Crippen LogP) is 4.64. The highest BCUT2D eigenvalue weighted by atomic mass is 32.1. The fourth-order valence-corrected chi connectivity index (χ4v) is 3.03. The molecule has 1 aromatic heterocycles. The number of halogens is 2. The maximum absolute atomic E-state index is 13.8. The van der Waals surface area contributed by atoms with E-state index in [4.69, 9.17) is 9.47 Å². The zero-order chi connectivity index (χ0) is 20.1. The SMILES string of the molecule is COC(=O)c1cc(OCc2cccs2)ccc1NC(=O)c1ccc(F)cc1F. The van der Waals surface area contributed by atoms with Crippen molar-refractivity contribution in [1.29, 1.82) is 0 Å². The summed E-state index contributed by atoms with van der Waals surface area (Å²) in [6.07, 6.45) is 0. The number of carbonyl (C=O) groups excluding carboxylic acids is 2. The highest BCUT2D eigenvalue weighted by molar-refractivity contribution is 7.09. The molecular weight excluding hydrogens is 388 g/mol. The van der Waals surface area contributed by atoms with Gasteiger partial charge in [-0.2, -0.15) is 0 Å². The second-order valence-electron chi connectivity index (χ2n) is 5.65. The zero-order valence-electron chi connectivity index (χ0n) is 14.7. The van der Waals surface area contributed by atoms with Crippen molar-refractivity contribution in [3.8, 4) is 5.75 Å². The number of hydrogen-bond acceptors (Lipinski definition) is 5. The lowest BCUT2D eigenvalue weighted by molar-refractivity contribution is 0.0601. The van der Waals surface area contributed by atoms with Crippen molar-refractivity contribution in [1.82, 2.24) is 0 Å². The quantitative estimate of drug-likeness (QED) is 0.609. The molecule has 0 bridgehead atoms. The summed E-state index contributed by atoms with van der Waals surface area (Å²) >= 11 is 1.53. The molecule has 3 aromatic rings. The number of hydrogen-bond donors (Lipinski definition) is 1. The Kier molecular flexibility index (Phi) is 6.00. The van der Waals surface area contributed by atoms with Gasteiger partial charge in [0.05, 0.1) is 23.9 Å². The molecule has 0 atom stereocenters. The Morgan fingerprint density at radius 3 is 2.57 bits per heavy atom. The summed E-state index contributed by atoms with van der Waals surface area (Å²) in [5, 5.41) is 4.37. The molecular formula is C20H15F2NO4S. The maximum Gasteiger partial charge on any atom is 0.340 e. The summed E-state index contributed by atoms with van der Waals surface area (Å²) in [6, 6.07) is 10.9. The van der Waals surface area contributed by atoms with Crippen molar-refractivity contribution in [3.05, 3.63) is 81.5 Å². The van der Waals surface area contributed by atoms with Crippen molar-refractivity contribution < 1.29 is 27.8 Å². The van der Waals surface area contributed by atoms with Gasteiger partial charge in [-0.15, -0.1) is 11.3 Å². The van der Waals surface area contributed by atoms with Gasteiger partial charge >= 0.3 is 5.97 Å². The van der Waals surface area contributed by atoms with E-state index in [2.05, 4.69) is 5.32 Å². The first-order valence-electron chi connectivity index (χ1n) is 8.12. The second-order valence-corrected chi connectivity index (χ2v) is 6.68. The Morgan fingerprint density at radius 1 is 1.07 bits per heavy atom. The van der Waals surface area contributed by atoms with Crippen LogP contribution in [0.5, 0.6) is 5.75 Å². The largest absolute Gasteiger partial charge is 0.488 e. The molecule has 0 saturated heterocycles. The van der Waals surface area contributed by atoms with Gasteiger partial charge in [-0.3, -0.25) is 4.79 Å². The Hall–Kier alpha value is -3.26. The van der Waals surface area contributed by atoms with Gasteiger partial charge in [0.1, 0.15) is 24.0 Å². The molecule has 28 heavy (non-hydrogen) atoms. The smallest absolute Gasteiger partial charge is 0.340 e. The monoisotopic (exact) mass is 403 g/mol. The second kappa shape index (κ2) is 8.62. The lowest BCUT2D eigenvalue weighted by Crippen LogP contribution is -2.17. The number of esters is 1. The van der Waals surface area contributed by atoms with Crippen LogP contribution in [0.25, 0.3) is 0 Å². The number of thiophene rings is 1. The van der Waals surface area contributed by atoms with Crippen molar-refractivity contribution >= 4 is 28.9 Å². The van der Waals surface area contributed by atoms with Gasteiger partial charge < -0.3 is 14.8 Å². The number of anilines is 1. The minimum absolute atomic E-state index is 0.0436. The third-order valence-corrected chi connectivity index (χ3v) is 4.63. The van der Waals surface area contributed by atoms with E-state index in [1.165, 1.54) is 30.6 Å². The van der Waals surface area contributed by atoms with Crippen LogP contribution in [0.4, 0.5) is 14.5 Å². The predicted molar refractivity (Wildman–Crippen MR) is 101 cm³/mol. The number of carbonyl (C=O) groups is 2. The van der Waals surface area contributed by atoms with Gasteiger partial charge in [0, 0.05) is 10.9 Å². The van der Waals surface area contributed by atoms with Crippen molar-refractivity contribution in [2.45, 2.75) is 6.61 Å². The van der Waals surface area contributed by atoms with Crippen LogP contribution in [0.1, 0.15) is 25.6 Å². The first-order valence-corrected chi connectivity index (χ1v) is 9.00. The van der Waals surface area contributed by atoms with E-state index in [0.29, 0.717) is 18.4 Å². The fourth-order valence-electron chi connectivity index (χ4n) is 2.41. The molecule has 0 saturated carbocycles. The molecule has 3 rings (SSSR count). The lowest BCUT2D eigenvalue weighted by atomic mass is 10.1. The van der Waals surface area contributed by atoms with Crippen LogP contribution in [0, 0.1) is 11.6 Å². The zero-order valence-corrected chi connectivity index (χ0v) is 15.5.